The van der Waals surface area contributed by atoms with Crippen molar-refractivity contribution in [2.75, 3.05) is 5.32 Å². The van der Waals surface area contributed by atoms with E-state index in [2.05, 4.69) is 19.9 Å². The van der Waals surface area contributed by atoms with Gasteiger partial charge in [-0.3, -0.25) is 0 Å². The molecule has 8 heteroatoms. The van der Waals surface area contributed by atoms with Gasteiger partial charge in [0.05, 0.1) is 29.5 Å². The Hall–Kier alpha value is -3.65. The molecule has 0 saturated heterocycles. The van der Waals surface area contributed by atoms with Crippen molar-refractivity contribution >= 4 is 11.6 Å². The number of rotatable bonds is 5. The third kappa shape index (κ3) is 4.61. The summed E-state index contributed by atoms with van der Waals surface area (Å²) in [5, 5.41) is 13.1. The molecule has 1 aliphatic carbocycles. The van der Waals surface area contributed by atoms with E-state index >= 15 is 0 Å². The van der Waals surface area contributed by atoms with Gasteiger partial charge >= 0.3 is 0 Å². The molecule has 5 rings (SSSR count). The van der Waals surface area contributed by atoms with E-state index in [1.54, 1.807) is 36.8 Å². The maximum Gasteiger partial charge on any atom is 0.227 e. The van der Waals surface area contributed by atoms with Gasteiger partial charge in [0, 0.05) is 23.5 Å². The quantitative estimate of drug-likeness (QED) is 0.422. The first-order chi connectivity index (χ1) is 16.1. The minimum atomic E-state index is -0.319. The number of hydrogen-bond acceptors (Lipinski definition) is 5. The fraction of sp³-hybridized carbons (Fsp3) is 0.240. The number of aromatic nitrogens is 4. The summed E-state index contributed by atoms with van der Waals surface area (Å²) in [5.74, 6) is -0.259. The molecule has 2 aromatic heterocycles. The molecule has 168 valence electrons. The van der Waals surface area contributed by atoms with Crippen molar-refractivity contribution in [3.05, 3.63) is 78.8 Å². The third-order valence-electron chi connectivity index (χ3n) is 5.97. The fourth-order valence-corrected chi connectivity index (χ4v) is 4.26. The Kier molecular flexibility index (Phi) is 5.83. The molecule has 0 radical (unpaired) electrons. The van der Waals surface area contributed by atoms with Gasteiger partial charge in [-0.15, -0.1) is 0 Å². The predicted molar refractivity (Wildman–Crippen MR) is 122 cm³/mol. The maximum atomic E-state index is 13.5. The highest BCUT2D eigenvalue weighted by atomic mass is 19.1. The highest BCUT2D eigenvalue weighted by Crippen LogP contribution is 2.37. The molecule has 0 amide bonds. The lowest BCUT2D eigenvalue weighted by Gasteiger charge is -2.28. The molecule has 6 nitrogen and oxygen atoms in total. The van der Waals surface area contributed by atoms with E-state index in [1.807, 2.05) is 6.07 Å². The van der Waals surface area contributed by atoms with E-state index in [1.165, 1.54) is 24.3 Å². The summed E-state index contributed by atoms with van der Waals surface area (Å²) >= 11 is 0. The Labute approximate surface area is 190 Å². The third-order valence-corrected chi connectivity index (χ3v) is 5.97. The first kappa shape index (κ1) is 21.2. The molecule has 1 aliphatic rings. The Morgan fingerprint density at radius 2 is 1.52 bits per heavy atom. The van der Waals surface area contributed by atoms with Gasteiger partial charge in [-0.25, -0.2) is 23.7 Å². The predicted octanol–water partition coefficient (Wildman–Crippen LogP) is 5.50. The van der Waals surface area contributed by atoms with Gasteiger partial charge in [-0.05, 0) is 80.3 Å². The van der Waals surface area contributed by atoms with E-state index in [0.717, 1.165) is 36.9 Å². The van der Waals surface area contributed by atoms with Crippen molar-refractivity contribution in [1.82, 2.24) is 19.5 Å². The number of aliphatic hydroxyl groups is 1. The summed E-state index contributed by atoms with van der Waals surface area (Å²) in [6.07, 6.45) is 6.31. The van der Waals surface area contributed by atoms with Crippen LogP contribution in [0.5, 0.6) is 0 Å². The Balaban J connectivity index is 1.56. The van der Waals surface area contributed by atoms with Crippen LogP contribution in [0, 0.1) is 11.6 Å². The standard InChI is InChI=1S/C25H23F2N5O/c26-17-3-1-16(2-4-17)23-24(32(15-29-23)20-9-11-21(33)12-10-20)22-13-14-28-25(31-22)30-19-7-5-18(27)6-8-19/h1-8,13-15,20-21,33H,9-12H2,(H,28,30,31). The van der Waals surface area contributed by atoms with Crippen LogP contribution in [0.15, 0.2) is 67.1 Å². The largest absolute Gasteiger partial charge is 0.393 e. The van der Waals surface area contributed by atoms with Crippen molar-refractivity contribution < 1.29 is 13.9 Å². The Morgan fingerprint density at radius 1 is 0.848 bits per heavy atom. The average molecular weight is 447 g/mol. The molecule has 0 bridgehead atoms. The molecule has 0 spiro atoms. The van der Waals surface area contributed by atoms with Crippen LogP contribution in [0.3, 0.4) is 0 Å². The number of anilines is 2. The molecule has 1 fully saturated rings. The second kappa shape index (κ2) is 9.07. The summed E-state index contributed by atoms with van der Waals surface area (Å²) in [6.45, 7) is 0. The summed E-state index contributed by atoms with van der Waals surface area (Å²) in [6, 6.07) is 14.2. The molecule has 1 saturated carbocycles. The second-order valence-electron chi connectivity index (χ2n) is 8.22. The van der Waals surface area contributed by atoms with Crippen LogP contribution in [-0.4, -0.2) is 30.7 Å². The number of aliphatic hydroxyl groups excluding tert-OH is 1. The molecular weight excluding hydrogens is 424 g/mol. The number of halogens is 2. The highest BCUT2D eigenvalue weighted by Gasteiger charge is 2.26. The van der Waals surface area contributed by atoms with Gasteiger partial charge in [0.1, 0.15) is 11.6 Å². The topological polar surface area (TPSA) is 75.9 Å². The van der Waals surface area contributed by atoms with Crippen LogP contribution in [0.2, 0.25) is 0 Å². The summed E-state index contributed by atoms with van der Waals surface area (Å²) < 4.78 is 28.9. The second-order valence-corrected chi connectivity index (χ2v) is 8.22. The van der Waals surface area contributed by atoms with E-state index in [-0.39, 0.29) is 23.8 Å². The lowest BCUT2D eigenvalue weighted by molar-refractivity contribution is 0.111. The lowest BCUT2D eigenvalue weighted by atomic mass is 9.92. The normalized spacial score (nSPS) is 18.3. The van der Waals surface area contributed by atoms with Crippen LogP contribution < -0.4 is 5.32 Å². The number of imidazole rings is 1. The zero-order chi connectivity index (χ0) is 22.8. The van der Waals surface area contributed by atoms with Crippen LogP contribution in [0.4, 0.5) is 20.4 Å². The van der Waals surface area contributed by atoms with Crippen molar-refractivity contribution in [3.63, 3.8) is 0 Å². The molecule has 2 heterocycles. The molecule has 2 N–H and O–H groups in total. The molecular formula is C25H23F2N5O. The van der Waals surface area contributed by atoms with E-state index in [4.69, 9.17) is 4.98 Å². The molecule has 4 aromatic rings. The summed E-state index contributed by atoms with van der Waals surface area (Å²) in [4.78, 5) is 13.7. The minimum absolute atomic E-state index is 0.175. The van der Waals surface area contributed by atoms with Gasteiger partial charge in [0.2, 0.25) is 5.95 Å². The number of benzene rings is 2. The van der Waals surface area contributed by atoms with Crippen LogP contribution in [0.25, 0.3) is 22.6 Å². The number of nitrogens with zero attached hydrogens (tertiary/aromatic N) is 4. The molecule has 2 aromatic carbocycles. The van der Waals surface area contributed by atoms with Gasteiger partial charge in [0.15, 0.2) is 0 Å². The molecule has 0 aliphatic heterocycles. The van der Waals surface area contributed by atoms with Gasteiger partial charge < -0.3 is 15.0 Å². The average Bonchev–Trinajstić information content (AvgIpc) is 3.27. The SMILES string of the molecule is OC1CCC(n2cnc(-c3ccc(F)cc3)c2-c2ccnc(Nc3ccc(F)cc3)n2)CC1. The maximum absolute atomic E-state index is 13.5. The zero-order valence-electron chi connectivity index (χ0n) is 17.8. The minimum Gasteiger partial charge on any atom is -0.393 e. The first-order valence-electron chi connectivity index (χ1n) is 10.9. The van der Waals surface area contributed by atoms with Gasteiger partial charge in [-0.2, -0.15) is 0 Å². The zero-order valence-corrected chi connectivity index (χ0v) is 17.8. The van der Waals surface area contributed by atoms with Crippen LogP contribution in [-0.2, 0) is 0 Å². The Morgan fingerprint density at radius 3 is 2.21 bits per heavy atom. The lowest BCUT2D eigenvalue weighted by Crippen LogP contribution is -2.21. The fourth-order valence-electron chi connectivity index (χ4n) is 4.26. The van der Waals surface area contributed by atoms with Crippen molar-refractivity contribution in [3.8, 4) is 22.6 Å². The smallest absolute Gasteiger partial charge is 0.227 e. The number of hydrogen-bond donors (Lipinski definition) is 2. The summed E-state index contributed by atoms with van der Waals surface area (Å²) in [7, 11) is 0. The van der Waals surface area contributed by atoms with E-state index < -0.39 is 0 Å². The van der Waals surface area contributed by atoms with Crippen LogP contribution >= 0.6 is 0 Å². The van der Waals surface area contributed by atoms with Crippen molar-refractivity contribution in [1.29, 1.82) is 0 Å². The van der Waals surface area contributed by atoms with E-state index in [9.17, 15) is 13.9 Å². The highest BCUT2D eigenvalue weighted by molar-refractivity contribution is 5.77. The molecule has 0 atom stereocenters. The number of nitrogens with one attached hydrogen (secondary N) is 1. The monoisotopic (exact) mass is 447 g/mol. The van der Waals surface area contributed by atoms with E-state index in [0.29, 0.717) is 23.0 Å². The van der Waals surface area contributed by atoms with Crippen molar-refractivity contribution in [2.45, 2.75) is 37.8 Å². The molecule has 33 heavy (non-hydrogen) atoms. The first-order valence-corrected chi connectivity index (χ1v) is 10.9. The van der Waals surface area contributed by atoms with Gasteiger partial charge in [-0.1, -0.05) is 0 Å². The molecule has 0 unspecified atom stereocenters. The summed E-state index contributed by atoms with van der Waals surface area (Å²) in [5.41, 5.74) is 3.63. The Bertz CT molecular complexity index is 1230. The van der Waals surface area contributed by atoms with Crippen LogP contribution in [0.1, 0.15) is 31.7 Å². The van der Waals surface area contributed by atoms with Crippen molar-refractivity contribution in [2.24, 2.45) is 0 Å². The van der Waals surface area contributed by atoms with Gasteiger partial charge in [0.25, 0.3) is 0 Å².